The smallest absolute Gasteiger partial charge is 0.255 e. The normalized spacial score (nSPS) is 23.0. The lowest BCUT2D eigenvalue weighted by molar-refractivity contribution is 0.0419. The quantitative estimate of drug-likeness (QED) is 0.710. The molecule has 3 aliphatic rings. The first-order valence-corrected chi connectivity index (χ1v) is 12.7. The van der Waals surface area contributed by atoms with Crippen molar-refractivity contribution in [3.8, 4) is 11.1 Å². The number of nitrogen functional groups attached to an aromatic ring is 1. The molecule has 6 heteroatoms. The van der Waals surface area contributed by atoms with Crippen LogP contribution in [0.2, 0.25) is 0 Å². The molecule has 33 heavy (non-hydrogen) atoms. The summed E-state index contributed by atoms with van der Waals surface area (Å²) in [5, 5.41) is 3.16. The van der Waals surface area contributed by atoms with Gasteiger partial charge in [-0.05, 0) is 61.8 Å². The maximum Gasteiger partial charge on any atom is 0.255 e. The third-order valence-electron chi connectivity index (χ3n) is 7.75. The minimum absolute atomic E-state index is 0.107. The summed E-state index contributed by atoms with van der Waals surface area (Å²) in [5.41, 5.74) is 9.94. The Bertz CT molecular complexity index is 949. The van der Waals surface area contributed by atoms with Gasteiger partial charge in [0.25, 0.3) is 5.91 Å². The number of aromatic nitrogens is 1. The number of hydrogen-bond acceptors (Lipinski definition) is 5. The number of hydrogen-bond donors (Lipinski definition) is 2. The Labute approximate surface area is 196 Å². The van der Waals surface area contributed by atoms with E-state index < -0.39 is 0 Å². The summed E-state index contributed by atoms with van der Waals surface area (Å²) in [6.07, 6.45) is 11.0. The Balaban J connectivity index is 1.25. The minimum atomic E-state index is -0.107. The van der Waals surface area contributed by atoms with Crippen molar-refractivity contribution in [2.24, 2.45) is 0 Å². The van der Waals surface area contributed by atoms with Crippen LogP contribution in [0.15, 0.2) is 36.5 Å². The molecular weight excluding hydrogens is 412 g/mol. The molecule has 0 spiro atoms. The highest BCUT2D eigenvalue weighted by Gasteiger charge is 2.30. The second kappa shape index (κ2) is 10.2. The van der Waals surface area contributed by atoms with Crippen molar-refractivity contribution in [1.82, 2.24) is 15.2 Å². The zero-order chi connectivity index (χ0) is 22.6. The zero-order valence-electron chi connectivity index (χ0n) is 19.5. The van der Waals surface area contributed by atoms with Crippen LogP contribution >= 0.6 is 0 Å². The van der Waals surface area contributed by atoms with Gasteiger partial charge in [0.15, 0.2) is 0 Å². The molecule has 2 aliphatic heterocycles. The number of rotatable bonds is 5. The van der Waals surface area contributed by atoms with Crippen molar-refractivity contribution < 1.29 is 9.53 Å². The molecule has 3 heterocycles. The van der Waals surface area contributed by atoms with E-state index in [2.05, 4.69) is 39.5 Å². The van der Waals surface area contributed by atoms with Crippen LogP contribution in [0.25, 0.3) is 11.1 Å². The fourth-order valence-electron chi connectivity index (χ4n) is 5.71. The minimum Gasteiger partial charge on any atom is -0.383 e. The van der Waals surface area contributed by atoms with Crippen LogP contribution in [0.1, 0.15) is 73.2 Å². The monoisotopic (exact) mass is 448 g/mol. The molecule has 0 radical (unpaired) electrons. The second-order valence-corrected chi connectivity index (χ2v) is 9.91. The Morgan fingerprint density at radius 1 is 1.00 bits per heavy atom. The van der Waals surface area contributed by atoms with E-state index in [1.54, 1.807) is 6.20 Å². The molecule has 1 saturated carbocycles. The molecule has 3 fully saturated rings. The van der Waals surface area contributed by atoms with Crippen LogP contribution in [0.4, 0.5) is 5.82 Å². The standard InChI is InChI=1S/C27H36N4O2/c28-26-25(27(32)30-23-4-2-1-3-5-23)16-22(17-29-26)20-8-6-19(7-9-20)21-10-13-31(18-21)24-11-14-33-15-12-24/h6-9,16-17,21,23-24H,1-5,10-15,18H2,(H2,28,29)(H,30,32). The van der Waals surface area contributed by atoms with Crippen molar-refractivity contribution in [2.75, 3.05) is 32.0 Å². The summed E-state index contributed by atoms with van der Waals surface area (Å²) in [4.78, 5) is 19.8. The van der Waals surface area contributed by atoms with Crippen molar-refractivity contribution in [1.29, 1.82) is 0 Å². The molecule has 3 N–H and O–H groups in total. The molecule has 5 rings (SSSR count). The number of nitrogens with two attached hydrogens (primary N) is 1. The number of pyridine rings is 1. The van der Waals surface area contributed by atoms with Crippen LogP contribution in [-0.4, -0.2) is 54.2 Å². The number of benzene rings is 1. The first kappa shape index (κ1) is 22.4. The number of carbonyl (C=O) groups is 1. The maximum absolute atomic E-state index is 12.9. The van der Waals surface area contributed by atoms with Gasteiger partial charge in [0.05, 0.1) is 5.56 Å². The van der Waals surface area contributed by atoms with Gasteiger partial charge in [-0.15, -0.1) is 0 Å². The van der Waals surface area contributed by atoms with Crippen molar-refractivity contribution in [3.63, 3.8) is 0 Å². The molecule has 1 aromatic heterocycles. The molecule has 6 nitrogen and oxygen atoms in total. The van der Waals surface area contributed by atoms with E-state index in [0.29, 0.717) is 23.3 Å². The van der Waals surface area contributed by atoms with Gasteiger partial charge in [0.1, 0.15) is 5.82 Å². The van der Waals surface area contributed by atoms with Gasteiger partial charge in [0.2, 0.25) is 0 Å². The summed E-state index contributed by atoms with van der Waals surface area (Å²) in [6, 6.07) is 11.6. The first-order chi connectivity index (χ1) is 16.2. The summed E-state index contributed by atoms with van der Waals surface area (Å²) in [7, 11) is 0. The van der Waals surface area contributed by atoms with Gasteiger partial charge in [-0.3, -0.25) is 9.69 Å². The predicted octanol–water partition coefficient (Wildman–Crippen LogP) is 4.36. The highest BCUT2D eigenvalue weighted by Crippen LogP contribution is 2.32. The second-order valence-electron chi connectivity index (χ2n) is 9.91. The highest BCUT2D eigenvalue weighted by atomic mass is 16.5. The van der Waals surface area contributed by atoms with E-state index in [1.165, 1.54) is 37.8 Å². The first-order valence-electron chi connectivity index (χ1n) is 12.7. The third kappa shape index (κ3) is 5.22. The molecule has 2 saturated heterocycles. The zero-order valence-corrected chi connectivity index (χ0v) is 19.5. The largest absolute Gasteiger partial charge is 0.383 e. The molecule has 1 aliphatic carbocycles. The number of ether oxygens (including phenoxy) is 1. The summed E-state index contributed by atoms with van der Waals surface area (Å²) >= 11 is 0. The van der Waals surface area contributed by atoms with Crippen LogP contribution in [0.5, 0.6) is 0 Å². The molecule has 1 amide bonds. The van der Waals surface area contributed by atoms with Gasteiger partial charge in [-0.2, -0.15) is 0 Å². The number of anilines is 1. The molecule has 2 aromatic rings. The third-order valence-corrected chi connectivity index (χ3v) is 7.75. The maximum atomic E-state index is 12.9. The van der Waals surface area contributed by atoms with Crippen LogP contribution in [-0.2, 0) is 4.74 Å². The SMILES string of the molecule is Nc1ncc(-c2ccc(C3CCN(C4CCOCC4)C3)cc2)cc1C(=O)NC1CCCCC1. The average Bonchev–Trinajstić information content (AvgIpc) is 3.36. The summed E-state index contributed by atoms with van der Waals surface area (Å²) < 4.78 is 5.53. The van der Waals surface area contributed by atoms with E-state index in [4.69, 9.17) is 10.5 Å². The van der Waals surface area contributed by atoms with E-state index >= 15 is 0 Å². The lowest BCUT2D eigenvalue weighted by atomic mass is 9.94. The fourth-order valence-corrected chi connectivity index (χ4v) is 5.71. The molecule has 176 valence electrons. The van der Waals surface area contributed by atoms with Crippen molar-refractivity contribution >= 4 is 11.7 Å². The number of likely N-dealkylation sites (tertiary alicyclic amines) is 1. The van der Waals surface area contributed by atoms with Crippen LogP contribution < -0.4 is 11.1 Å². The topological polar surface area (TPSA) is 80.5 Å². The van der Waals surface area contributed by atoms with Gasteiger partial charge in [0, 0.05) is 43.6 Å². The van der Waals surface area contributed by atoms with E-state index in [1.807, 2.05) is 6.07 Å². The fraction of sp³-hybridized carbons (Fsp3) is 0.556. The van der Waals surface area contributed by atoms with Crippen LogP contribution in [0, 0.1) is 0 Å². The number of nitrogens with zero attached hydrogens (tertiary/aromatic N) is 2. The molecule has 0 bridgehead atoms. The summed E-state index contributed by atoms with van der Waals surface area (Å²) in [5.74, 6) is 0.774. The summed E-state index contributed by atoms with van der Waals surface area (Å²) in [6.45, 7) is 4.12. The Morgan fingerprint density at radius 3 is 2.52 bits per heavy atom. The average molecular weight is 449 g/mol. The molecule has 1 aromatic carbocycles. The molecular formula is C27H36N4O2. The van der Waals surface area contributed by atoms with Gasteiger partial charge >= 0.3 is 0 Å². The Hall–Kier alpha value is -2.44. The predicted molar refractivity (Wildman–Crippen MR) is 131 cm³/mol. The molecule has 1 unspecified atom stereocenters. The Morgan fingerprint density at radius 2 is 1.76 bits per heavy atom. The highest BCUT2D eigenvalue weighted by molar-refractivity contribution is 5.99. The van der Waals surface area contributed by atoms with Crippen LogP contribution in [0.3, 0.4) is 0 Å². The number of nitrogens with one attached hydrogen (secondary N) is 1. The van der Waals surface area contributed by atoms with Crippen molar-refractivity contribution in [2.45, 2.75) is 69.4 Å². The van der Waals surface area contributed by atoms with Gasteiger partial charge < -0.3 is 15.8 Å². The number of amides is 1. The van der Waals surface area contributed by atoms with Gasteiger partial charge in [-0.1, -0.05) is 43.5 Å². The van der Waals surface area contributed by atoms with E-state index in [-0.39, 0.29) is 11.9 Å². The van der Waals surface area contributed by atoms with E-state index in [0.717, 1.165) is 56.6 Å². The lowest BCUT2D eigenvalue weighted by Crippen LogP contribution is -2.37. The molecule has 1 atom stereocenters. The van der Waals surface area contributed by atoms with Gasteiger partial charge in [-0.25, -0.2) is 4.98 Å². The van der Waals surface area contributed by atoms with E-state index in [9.17, 15) is 4.79 Å². The Kier molecular flexibility index (Phi) is 6.93. The lowest BCUT2D eigenvalue weighted by Gasteiger charge is -2.31. The van der Waals surface area contributed by atoms with Crippen molar-refractivity contribution in [3.05, 3.63) is 47.7 Å². The number of carbonyl (C=O) groups excluding carboxylic acids is 1.